The van der Waals surface area contributed by atoms with Gasteiger partial charge in [-0.25, -0.2) is 9.50 Å². The second-order valence-corrected chi connectivity index (χ2v) is 4.88. The zero-order chi connectivity index (χ0) is 15.0. The molecule has 0 aliphatic rings. The fraction of sp³-hybridized carbons (Fsp3) is 0.500. The average Bonchev–Trinajstić information content (AvgIpc) is 2.83. The maximum atomic E-state index is 12.7. The topological polar surface area (TPSA) is 68.2 Å². The van der Waals surface area contributed by atoms with Crippen LogP contribution < -0.4 is 11.1 Å². The summed E-state index contributed by atoms with van der Waals surface area (Å²) < 4.78 is 39.2. The molecule has 0 aromatic carbocycles. The van der Waals surface area contributed by atoms with Crippen molar-refractivity contribution in [3.05, 3.63) is 24.2 Å². The van der Waals surface area contributed by atoms with E-state index in [0.717, 1.165) is 10.6 Å². The van der Waals surface area contributed by atoms with E-state index in [9.17, 15) is 13.2 Å². The van der Waals surface area contributed by atoms with Crippen LogP contribution in [0.3, 0.4) is 0 Å². The highest BCUT2D eigenvalue weighted by molar-refractivity contribution is 5.68. The van der Waals surface area contributed by atoms with Gasteiger partial charge in [0, 0.05) is 30.5 Å². The number of aromatic nitrogens is 3. The van der Waals surface area contributed by atoms with Gasteiger partial charge in [0.1, 0.15) is 5.52 Å². The minimum atomic E-state index is -4.48. The predicted molar refractivity (Wildman–Crippen MR) is 69.4 cm³/mol. The molecule has 20 heavy (non-hydrogen) atoms. The molecule has 0 amide bonds. The van der Waals surface area contributed by atoms with E-state index >= 15 is 0 Å². The quantitative estimate of drug-likeness (QED) is 0.905. The van der Waals surface area contributed by atoms with Crippen LogP contribution in [0.1, 0.15) is 26.0 Å². The third-order valence-corrected chi connectivity index (χ3v) is 3.33. The lowest BCUT2D eigenvalue weighted by molar-refractivity contribution is -0.141. The van der Waals surface area contributed by atoms with Crippen LogP contribution in [-0.4, -0.2) is 26.7 Å². The highest BCUT2D eigenvalue weighted by atomic mass is 19.4. The molecule has 0 saturated heterocycles. The maximum absolute atomic E-state index is 12.7. The molecule has 2 aromatic rings. The van der Waals surface area contributed by atoms with Crippen molar-refractivity contribution in [2.75, 3.05) is 11.9 Å². The average molecular weight is 287 g/mol. The van der Waals surface area contributed by atoms with Crippen LogP contribution in [0.25, 0.3) is 5.52 Å². The molecular weight excluding hydrogens is 271 g/mol. The minimum absolute atomic E-state index is 0.271. The molecule has 8 heteroatoms. The Balaban J connectivity index is 2.47. The van der Waals surface area contributed by atoms with Gasteiger partial charge in [-0.1, -0.05) is 6.92 Å². The second-order valence-electron chi connectivity index (χ2n) is 4.88. The van der Waals surface area contributed by atoms with Crippen molar-refractivity contribution in [3.8, 4) is 0 Å². The third-order valence-electron chi connectivity index (χ3n) is 3.33. The van der Waals surface area contributed by atoms with Crippen LogP contribution in [0.4, 0.5) is 19.0 Å². The summed E-state index contributed by atoms with van der Waals surface area (Å²) in [5.41, 5.74) is 4.58. The third kappa shape index (κ3) is 2.69. The van der Waals surface area contributed by atoms with Gasteiger partial charge in [-0.3, -0.25) is 0 Å². The molecular formula is C12H16F3N5. The normalized spacial score (nSPS) is 15.3. The number of hydrogen-bond acceptors (Lipinski definition) is 4. The van der Waals surface area contributed by atoms with E-state index < -0.39 is 17.4 Å². The summed E-state index contributed by atoms with van der Waals surface area (Å²) in [6.45, 7) is 4.17. The number of halogens is 3. The van der Waals surface area contributed by atoms with Crippen LogP contribution in [0.15, 0.2) is 18.5 Å². The van der Waals surface area contributed by atoms with Crippen LogP contribution in [0, 0.1) is 0 Å². The van der Waals surface area contributed by atoms with E-state index in [2.05, 4.69) is 15.4 Å². The van der Waals surface area contributed by atoms with E-state index in [1.165, 1.54) is 12.4 Å². The number of rotatable bonds is 4. The molecule has 0 radical (unpaired) electrons. The van der Waals surface area contributed by atoms with Crippen molar-refractivity contribution in [2.45, 2.75) is 32.0 Å². The van der Waals surface area contributed by atoms with Gasteiger partial charge in [0.15, 0.2) is 11.5 Å². The van der Waals surface area contributed by atoms with E-state index in [4.69, 9.17) is 5.73 Å². The lowest BCUT2D eigenvalue weighted by Crippen LogP contribution is -2.42. The van der Waals surface area contributed by atoms with Gasteiger partial charge < -0.3 is 11.1 Å². The lowest BCUT2D eigenvalue weighted by atomic mass is 9.99. The van der Waals surface area contributed by atoms with Crippen molar-refractivity contribution >= 4 is 11.3 Å². The van der Waals surface area contributed by atoms with Gasteiger partial charge in [-0.2, -0.15) is 18.3 Å². The Morgan fingerprint density at radius 2 is 2.10 bits per heavy atom. The number of fused-ring (bicyclic) bond motifs is 1. The fourth-order valence-corrected chi connectivity index (χ4v) is 1.73. The fourth-order valence-electron chi connectivity index (χ4n) is 1.73. The Morgan fingerprint density at radius 1 is 1.40 bits per heavy atom. The number of anilines is 1. The zero-order valence-corrected chi connectivity index (χ0v) is 11.2. The largest absolute Gasteiger partial charge is 0.435 e. The van der Waals surface area contributed by atoms with Gasteiger partial charge in [-0.05, 0) is 13.3 Å². The second kappa shape index (κ2) is 4.93. The summed E-state index contributed by atoms with van der Waals surface area (Å²) >= 11 is 0. The molecule has 5 nitrogen and oxygen atoms in total. The van der Waals surface area contributed by atoms with Gasteiger partial charge >= 0.3 is 6.18 Å². The molecule has 0 aliphatic carbocycles. The molecule has 2 rings (SSSR count). The summed E-state index contributed by atoms with van der Waals surface area (Å²) in [7, 11) is 0. The summed E-state index contributed by atoms with van der Waals surface area (Å²) in [5, 5.41) is 6.60. The number of nitrogens with zero attached hydrogens (tertiary/aromatic N) is 3. The van der Waals surface area contributed by atoms with Crippen molar-refractivity contribution in [1.82, 2.24) is 14.6 Å². The monoisotopic (exact) mass is 287 g/mol. The first-order valence-corrected chi connectivity index (χ1v) is 6.19. The van der Waals surface area contributed by atoms with E-state index in [0.29, 0.717) is 18.8 Å². The van der Waals surface area contributed by atoms with Crippen molar-refractivity contribution in [3.63, 3.8) is 0 Å². The number of nitrogens with two attached hydrogens (primary N) is 1. The first-order valence-electron chi connectivity index (χ1n) is 6.19. The molecule has 2 aromatic heterocycles. The van der Waals surface area contributed by atoms with Crippen LogP contribution in [0.2, 0.25) is 0 Å². The number of nitrogens with one attached hydrogen (secondary N) is 1. The van der Waals surface area contributed by atoms with Gasteiger partial charge in [0.25, 0.3) is 0 Å². The summed E-state index contributed by atoms with van der Waals surface area (Å²) in [4.78, 5) is 4.09. The molecule has 1 unspecified atom stereocenters. The van der Waals surface area contributed by atoms with E-state index in [1.807, 2.05) is 13.8 Å². The van der Waals surface area contributed by atoms with Gasteiger partial charge in [0.2, 0.25) is 0 Å². The van der Waals surface area contributed by atoms with E-state index in [1.54, 1.807) is 0 Å². The van der Waals surface area contributed by atoms with Crippen molar-refractivity contribution in [1.29, 1.82) is 0 Å². The highest BCUT2D eigenvalue weighted by Crippen LogP contribution is 2.30. The molecule has 1 atom stereocenters. The minimum Gasteiger partial charge on any atom is -0.362 e. The van der Waals surface area contributed by atoms with Gasteiger partial charge in [0.05, 0.1) is 0 Å². The molecule has 0 bridgehead atoms. The first-order chi connectivity index (χ1) is 9.29. The summed E-state index contributed by atoms with van der Waals surface area (Å²) in [6, 6.07) is 0.974. The Bertz CT molecular complexity index is 601. The number of alkyl halides is 3. The number of hydrogen-bond donors (Lipinski definition) is 2. The Labute approximate surface area is 114 Å². The highest BCUT2D eigenvalue weighted by Gasteiger charge is 2.34. The standard InChI is InChI=1S/C12H16F3N5/c1-3-11(2,7-16)18-10-8-6-9(12(13,14)15)19-20(8)5-4-17-10/h4-6H,3,7,16H2,1-2H3,(H,17,18). The zero-order valence-electron chi connectivity index (χ0n) is 11.2. The van der Waals surface area contributed by atoms with Crippen molar-refractivity contribution in [2.24, 2.45) is 5.73 Å². The molecule has 0 aliphatic heterocycles. The maximum Gasteiger partial charge on any atom is 0.435 e. The smallest absolute Gasteiger partial charge is 0.362 e. The van der Waals surface area contributed by atoms with Crippen LogP contribution in [-0.2, 0) is 6.18 Å². The Morgan fingerprint density at radius 3 is 2.65 bits per heavy atom. The molecule has 0 fully saturated rings. The lowest BCUT2D eigenvalue weighted by Gasteiger charge is -2.28. The van der Waals surface area contributed by atoms with E-state index in [-0.39, 0.29) is 5.52 Å². The van der Waals surface area contributed by atoms with Crippen LogP contribution in [0.5, 0.6) is 0 Å². The van der Waals surface area contributed by atoms with Gasteiger partial charge in [-0.15, -0.1) is 0 Å². The summed E-state index contributed by atoms with van der Waals surface area (Å²) in [6.07, 6.45) is -0.992. The molecule has 110 valence electrons. The predicted octanol–water partition coefficient (Wildman–Crippen LogP) is 2.29. The molecule has 0 spiro atoms. The molecule has 0 saturated carbocycles. The molecule has 3 N–H and O–H groups in total. The molecule has 2 heterocycles. The SMILES string of the molecule is CCC(C)(CN)Nc1nccn2nc(C(F)(F)F)cc12. The van der Waals surface area contributed by atoms with Crippen LogP contribution >= 0.6 is 0 Å². The summed E-state index contributed by atoms with van der Waals surface area (Å²) in [5.74, 6) is 0.338. The Hall–Kier alpha value is -1.83. The first kappa shape index (κ1) is 14.6. The Kier molecular flexibility index (Phi) is 3.59. The van der Waals surface area contributed by atoms with Crippen molar-refractivity contribution < 1.29 is 13.2 Å².